The van der Waals surface area contributed by atoms with Crippen molar-refractivity contribution in [3.05, 3.63) is 70.8 Å². The Bertz CT molecular complexity index is 1480. The fourth-order valence-corrected chi connectivity index (χ4v) is 11.7. The number of carbonyl (C=O) groups excluding carboxylic acids is 1. The fraction of sp³-hybridized carbons (Fsp3) is 0.658. The summed E-state index contributed by atoms with van der Waals surface area (Å²) in [5.41, 5.74) is 3.23. The molecule has 5 fully saturated rings. The maximum Gasteiger partial charge on any atom is 0.308 e. The third-order valence-electron chi connectivity index (χ3n) is 13.5. The van der Waals surface area contributed by atoms with Crippen LogP contribution in [0.1, 0.15) is 101 Å². The molecule has 1 saturated carbocycles. The summed E-state index contributed by atoms with van der Waals surface area (Å²) < 4.78 is 26.8. The van der Waals surface area contributed by atoms with Crippen LogP contribution in [0, 0.1) is 29.6 Å². The summed E-state index contributed by atoms with van der Waals surface area (Å²) in [4.78, 5) is 16.5. The van der Waals surface area contributed by atoms with Gasteiger partial charge in [0.15, 0.2) is 5.72 Å². The second-order valence-corrected chi connectivity index (χ2v) is 16.1. The Morgan fingerprint density at radius 1 is 1.05 bits per heavy atom. The number of benzene rings is 2. The Morgan fingerprint density at radius 3 is 2.64 bits per heavy atom. The summed E-state index contributed by atoms with van der Waals surface area (Å²) in [6, 6.07) is 17.3. The molecule has 0 aromatic heterocycles. The van der Waals surface area contributed by atoms with E-state index in [9.17, 15) is 4.79 Å². The first kappa shape index (κ1) is 29.2. The molecule has 0 amide bonds. The Balaban J connectivity index is 1.24. The summed E-state index contributed by atoms with van der Waals surface area (Å²) in [7, 11) is 0. The lowest BCUT2D eigenvalue weighted by Gasteiger charge is -2.76. The number of rotatable bonds is 5. The van der Waals surface area contributed by atoms with Crippen molar-refractivity contribution in [2.45, 2.75) is 122 Å². The molecule has 4 bridgehead atoms. The standard InChI is InChI=1S/C38H49NO5/c1-24-12-13-29-26(3)32(42-23-41-21-27-10-8-7-9-11-27)33-34(4,30(29)17-24)22-38-36(6,35(33,5)19-31(40)44-38)14-15-37-18-25(2)16-28(43-37)20-39(37)38/h7-13,17,25-26,28,32-33H,14-16,18-23H2,1-6H3/t25-,26+,28+,32-,33-,34-,35-,36-,37-,38+/m0/s1. The van der Waals surface area contributed by atoms with Crippen molar-refractivity contribution in [3.63, 3.8) is 0 Å². The van der Waals surface area contributed by atoms with E-state index in [0.717, 1.165) is 44.2 Å². The second kappa shape index (κ2) is 9.63. The number of esters is 1. The minimum absolute atomic E-state index is 0.0691. The molecule has 0 radical (unpaired) electrons. The molecule has 2 aromatic carbocycles. The van der Waals surface area contributed by atoms with E-state index in [1.165, 1.54) is 16.7 Å². The fourth-order valence-electron chi connectivity index (χ4n) is 11.7. The zero-order valence-corrected chi connectivity index (χ0v) is 27.4. The third-order valence-corrected chi connectivity index (χ3v) is 13.5. The van der Waals surface area contributed by atoms with Crippen LogP contribution in [0.4, 0.5) is 0 Å². The molecule has 6 heteroatoms. The lowest BCUT2D eigenvalue weighted by Crippen LogP contribution is -2.82. The van der Waals surface area contributed by atoms with Gasteiger partial charge in [0.1, 0.15) is 12.5 Å². The molecular weight excluding hydrogens is 550 g/mol. The molecule has 2 aromatic rings. The Morgan fingerprint density at radius 2 is 1.84 bits per heavy atom. The smallest absolute Gasteiger partial charge is 0.308 e. The van der Waals surface area contributed by atoms with E-state index in [1.807, 2.05) is 18.2 Å². The number of hydrogen-bond donors (Lipinski definition) is 0. The SMILES string of the molecule is Cc1ccc2c(c1)[C@]1(C)C[C@@]34OC(=O)C[C@@](C)([C@H]1[C@@H](OCOCc1ccccc1)[C@@H]2C)[C@]3(C)CC[C@]12C[C@@H](C)C[C@H](CN14)O2. The first-order chi connectivity index (χ1) is 20.9. The minimum atomic E-state index is -0.727. The first-order valence-electron chi connectivity index (χ1n) is 17.0. The Labute approximate surface area is 262 Å². The molecular formula is C38H49NO5. The van der Waals surface area contributed by atoms with Crippen LogP contribution in [0.2, 0.25) is 0 Å². The zero-order valence-electron chi connectivity index (χ0n) is 27.4. The van der Waals surface area contributed by atoms with Gasteiger partial charge >= 0.3 is 5.97 Å². The van der Waals surface area contributed by atoms with Crippen LogP contribution in [-0.2, 0) is 35.8 Å². The lowest BCUT2D eigenvalue weighted by molar-refractivity contribution is -0.377. The van der Waals surface area contributed by atoms with Crippen molar-refractivity contribution in [2.24, 2.45) is 22.7 Å². The molecule has 10 atom stereocenters. The van der Waals surface area contributed by atoms with Gasteiger partial charge in [0.05, 0.1) is 25.2 Å². The molecule has 4 aliphatic heterocycles. The maximum atomic E-state index is 13.9. The number of ether oxygens (including phenoxy) is 4. The van der Waals surface area contributed by atoms with Crippen LogP contribution < -0.4 is 0 Å². The Kier molecular flexibility index (Phi) is 6.39. The van der Waals surface area contributed by atoms with Crippen LogP contribution in [0.3, 0.4) is 0 Å². The van der Waals surface area contributed by atoms with E-state index >= 15 is 0 Å². The largest absolute Gasteiger partial charge is 0.443 e. The Hall–Kier alpha value is -2.25. The number of piperidine rings is 1. The topological polar surface area (TPSA) is 57.2 Å². The molecule has 6 aliphatic rings. The first-order valence-corrected chi connectivity index (χ1v) is 17.0. The van der Waals surface area contributed by atoms with E-state index in [1.54, 1.807) is 0 Å². The summed E-state index contributed by atoms with van der Waals surface area (Å²) in [5.74, 6) is 0.812. The van der Waals surface area contributed by atoms with Crippen molar-refractivity contribution >= 4 is 5.97 Å². The van der Waals surface area contributed by atoms with Gasteiger partial charge in [-0.25, -0.2) is 4.90 Å². The van der Waals surface area contributed by atoms with E-state index in [-0.39, 0.29) is 58.8 Å². The zero-order chi connectivity index (χ0) is 30.7. The highest BCUT2D eigenvalue weighted by atomic mass is 16.7. The minimum Gasteiger partial charge on any atom is -0.443 e. The average Bonchev–Trinajstić information content (AvgIpc) is 3.26. The molecule has 4 saturated heterocycles. The predicted octanol–water partition coefficient (Wildman–Crippen LogP) is 7.23. The van der Waals surface area contributed by atoms with Crippen LogP contribution in [0.25, 0.3) is 0 Å². The maximum absolute atomic E-state index is 13.9. The predicted molar refractivity (Wildman–Crippen MR) is 168 cm³/mol. The molecule has 0 N–H and O–H groups in total. The van der Waals surface area contributed by atoms with E-state index in [2.05, 4.69) is 76.8 Å². The number of carbonyl (C=O) groups is 1. The molecule has 8 rings (SSSR count). The highest BCUT2D eigenvalue weighted by molar-refractivity contribution is 5.73. The summed E-state index contributed by atoms with van der Waals surface area (Å²) in [5, 5.41) is 0. The molecule has 0 unspecified atom stereocenters. The summed E-state index contributed by atoms with van der Waals surface area (Å²) in [6.07, 6.45) is 5.31. The second-order valence-electron chi connectivity index (χ2n) is 16.1. The molecule has 4 heterocycles. The monoisotopic (exact) mass is 599 g/mol. The average molecular weight is 600 g/mol. The molecule has 44 heavy (non-hydrogen) atoms. The van der Waals surface area contributed by atoms with Crippen LogP contribution >= 0.6 is 0 Å². The van der Waals surface area contributed by atoms with Gasteiger partial charge in [-0.05, 0) is 60.6 Å². The van der Waals surface area contributed by atoms with Crippen molar-refractivity contribution < 1.29 is 23.7 Å². The third kappa shape index (κ3) is 3.72. The van der Waals surface area contributed by atoms with Gasteiger partial charge in [0.25, 0.3) is 0 Å². The highest BCUT2D eigenvalue weighted by Gasteiger charge is 2.81. The van der Waals surface area contributed by atoms with Crippen molar-refractivity contribution in [3.8, 4) is 0 Å². The van der Waals surface area contributed by atoms with Crippen molar-refractivity contribution in [1.82, 2.24) is 4.90 Å². The summed E-state index contributed by atoms with van der Waals surface area (Å²) in [6.45, 7) is 15.8. The summed E-state index contributed by atoms with van der Waals surface area (Å²) >= 11 is 0. The van der Waals surface area contributed by atoms with Gasteiger partial charge in [-0.2, -0.15) is 0 Å². The number of fused-ring (bicyclic) bond motifs is 5. The molecule has 2 aliphatic carbocycles. The molecule has 1 spiro atoms. The number of hydrogen-bond acceptors (Lipinski definition) is 6. The van der Waals surface area contributed by atoms with Crippen molar-refractivity contribution in [1.29, 1.82) is 0 Å². The van der Waals surface area contributed by atoms with Crippen LogP contribution in [-0.4, -0.2) is 47.9 Å². The molecule has 6 nitrogen and oxygen atoms in total. The van der Waals surface area contributed by atoms with Crippen LogP contribution in [0.15, 0.2) is 48.5 Å². The highest BCUT2D eigenvalue weighted by Crippen LogP contribution is 2.77. The lowest BCUT2D eigenvalue weighted by atomic mass is 9.35. The van der Waals surface area contributed by atoms with Gasteiger partial charge in [-0.3, -0.25) is 4.79 Å². The van der Waals surface area contributed by atoms with Crippen LogP contribution in [0.5, 0.6) is 0 Å². The quantitative estimate of drug-likeness (QED) is 0.205. The van der Waals surface area contributed by atoms with Gasteiger partial charge < -0.3 is 18.9 Å². The van der Waals surface area contributed by atoms with Crippen molar-refractivity contribution in [2.75, 3.05) is 13.3 Å². The van der Waals surface area contributed by atoms with E-state index < -0.39 is 5.72 Å². The van der Waals surface area contributed by atoms with Gasteiger partial charge in [-0.1, -0.05) is 88.7 Å². The van der Waals surface area contributed by atoms with E-state index in [0.29, 0.717) is 18.9 Å². The number of nitrogens with zero attached hydrogens (tertiary/aromatic N) is 1. The molecule has 236 valence electrons. The van der Waals surface area contributed by atoms with E-state index in [4.69, 9.17) is 18.9 Å². The number of aryl methyl sites for hydroxylation is 1. The van der Waals surface area contributed by atoms with Gasteiger partial charge in [0, 0.05) is 35.6 Å². The van der Waals surface area contributed by atoms with Gasteiger partial charge in [-0.15, -0.1) is 0 Å². The normalized spacial score (nSPS) is 45.5. The van der Waals surface area contributed by atoms with Gasteiger partial charge in [0.2, 0.25) is 0 Å².